The summed E-state index contributed by atoms with van der Waals surface area (Å²) in [5, 5.41) is 19.7. The van der Waals surface area contributed by atoms with Crippen LogP contribution in [0.5, 0.6) is 11.5 Å². The van der Waals surface area contributed by atoms with Gasteiger partial charge in [-0.1, -0.05) is 73.7 Å². The first kappa shape index (κ1) is 32.1. The lowest BCUT2D eigenvalue weighted by Crippen LogP contribution is -2.13. The first-order chi connectivity index (χ1) is 19.2. The van der Waals surface area contributed by atoms with Gasteiger partial charge in [0.05, 0.1) is 53.5 Å². The summed E-state index contributed by atoms with van der Waals surface area (Å²) in [6, 6.07) is 4.04. The van der Waals surface area contributed by atoms with Crippen LogP contribution in [-0.2, 0) is 19.1 Å². The topological polar surface area (TPSA) is 119 Å². The van der Waals surface area contributed by atoms with Gasteiger partial charge < -0.3 is 18.9 Å². The first-order valence-electron chi connectivity index (χ1n) is 13.1. The van der Waals surface area contributed by atoms with Crippen molar-refractivity contribution in [1.82, 2.24) is 0 Å². The number of thioether (sulfide) groups is 4. The zero-order chi connectivity index (χ0) is 29.4. The maximum absolute atomic E-state index is 12.7. The molecule has 0 saturated carbocycles. The number of hydrogen-bond acceptors (Lipinski definition) is 12. The molecule has 40 heavy (non-hydrogen) atoms. The Labute approximate surface area is 252 Å². The number of unbranched alkanes of at least 4 members (excludes halogenated alkanes) is 2. The van der Waals surface area contributed by atoms with Crippen LogP contribution in [0.1, 0.15) is 67.2 Å². The van der Waals surface area contributed by atoms with E-state index in [1.165, 1.54) is 47.0 Å². The Hall–Kier alpha value is -2.38. The number of hydrogen-bond donors (Lipinski definition) is 0. The minimum Gasteiger partial charge on any atom is -0.491 e. The van der Waals surface area contributed by atoms with Crippen molar-refractivity contribution < 1.29 is 28.5 Å². The molecule has 1 aromatic rings. The Morgan fingerprint density at radius 2 is 1.00 bits per heavy atom. The van der Waals surface area contributed by atoms with Crippen LogP contribution in [0.25, 0.3) is 0 Å². The standard InChI is InChI=1S/C28H32N2O6S4/c1-7-9-11-33-19-21-23(39-27(37-21)17(13-29)25(31)35-15(3)4)20(34-12-10-8-2)24-22(19)38-28(40-24)18(14-30)26(32)36-16(5)6/h15-16H,7-12H2,1-6H3. The number of rotatable bonds is 12. The van der Waals surface area contributed by atoms with Gasteiger partial charge >= 0.3 is 11.9 Å². The summed E-state index contributed by atoms with van der Waals surface area (Å²) < 4.78 is 24.3. The molecule has 3 rings (SSSR count). The van der Waals surface area contributed by atoms with Crippen LogP contribution in [0.15, 0.2) is 39.2 Å². The van der Waals surface area contributed by atoms with Crippen molar-refractivity contribution in [2.45, 2.75) is 99.0 Å². The van der Waals surface area contributed by atoms with Crippen molar-refractivity contribution in [1.29, 1.82) is 10.5 Å². The van der Waals surface area contributed by atoms with E-state index in [0.717, 1.165) is 45.3 Å². The van der Waals surface area contributed by atoms with Crippen LogP contribution >= 0.6 is 47.0 Å². The quantitative estimate of drug-likeness (QED) is 0.0981. The second-order valence-corrected chi connectivity index (χ2v) is 13.8. The summed E-state index contributed by atoms with van der Waals surface area (Å²) in [7, 11) is 0. The minimum atomic E-state index is -0.675. The van der Waals surface area contributed by atoms with Gasteiger partial charge in [-0.2, -0.15) is 10.5 Å². The molecule has 2 aliphatic heterocycles. The molecule has 0 N–H and O–H groups in total. The van der Waals surface area contributed by atoms with Gasteiger partial charge in [0.15, 0.2) is 11.1 Å². The summed E-state index contributed by atoms with van der Waals surface area (Å²) in [6.45, 7) is 12.0. The Balaban J connectivity index is 2.19. The van der Waals surface area contributed by atoms with E-state index >= 15 is 0 Å². The number of nitriles is 2. The molecule has 0 aliphatic carbocycles. The second kappa shape index (κ2) is 15.0. The van der Waals surface area contributed by atoms with Gasteiger partial charge in [0.2, 0.25) is 0 Å². The zero-order valence-corrected chi connectivity index (χ0v) is 26.6. The largest absolute Gasteiger partial charge is 0.491 e. The molecule has 214 valence electrons. The highest BCUT2D eigenvalue weighted by atomic mass is 32.2. The van der Waals surface area contributed by atoms with E-state index < -0.39 is 11.9 Å². The SMILES string of the molecule is CCCCOc1c2c(c(OCCCC)c3c1SC(=C(C#N)C(=O)OC(C)C)S3)SC(=C(C#N)C(=O)OC(C)C)S2. The molecule has 8 nitrogen and oxygen atoms in total. The van der Waals surface area contributed by atoms with E-state index in [9.17, 15) is 20.1 Å². The van der Waals surface area contributed by atoms with E-state index in [1.807, 2.05) is 12.1 Å². The first-order valence-corrected chi connectivity index (χ1v) is 16.3. The van der Waals surface area contributed by atoms with Crippen LogP contribution in [0.4, 0.5) is 0 Å². The molecular formula is C28H32N2O6S4. The molecule has 0 bridgehead atoms. The number of ether oxygens (including phenoxy) is 4. The average molecular weight is 621 g/mol. The maximum atomic E-state index is 12.7. The van der Waals surface area contributed by atoms with E-state index in [2.05, 4.69) is 13.8 Å². The van der Waals surface area contributed by atoms with Crippen LogP contribution in [0, 0.1) is 22.7 Å². The minimum absolute atomic E-state index is 0.0665. The Morgan fingerprint density at radius 1 is 0.675 bits per heavy atom. The number of carbonyl (C=O) groups excluding carboxylic acids is 2. The monoisotopic (exact) mass is 620 g/mol. The van der Waals surface area contributed by atoms with Crippen molar-refractivity contribution >= 4 is 59.0 Å². The molecular weight excluding hydrogens is 589 g/mol. The van der Waals surface area contributed by atoms with E-state index in [-0.39, 0.29) is 23.4 Å². The highest BCUT2D eigenvalue weighted by Crippen LogP contribution is 2.68. The molecule has 1 aromatic carbocycles. The lowest BCUT2D eigenvalue weighted by atomic mass is 10.3. The van der Waals surface area contributed by atoms with Crippen LogP contribution < -0.4 is 9.47 Å². The molecule has 12 heteroatoms. The summed E-state index contributed by atoms with van der Waals surface area (Å²) in [5.74, 6) is -0.173. The molecule has 0 spiro atoms. The number of fused-ring (bicyclic) bond motifs is 2. The Bertz CT molecular complexity index is 1170. The predicted molar refractivity (Wildman–Crippen MR) is 158 cm³/mol. The van der Waals surface area contributed by atoms with E-state index in [0.29, 0.717) is 33.2 Å². The van der Waals surface area contributed by atoms with E-state index in [4.69, 9.17) is 18.9 Å². The molecule has 0 saturated heterocycles. The van der Waals surface area contributed by atoms with E-state index in [1.54, 1.807) is 27.7 Å². The highest BCUT2D eigenvalue weighted by molar-refractivity contribution is 8.26. The zero-order valence-electron chi connectivity index (χ0n) is 23.4. The summed E-state index contributed by atoms with van der Waals surface area (Å²) in [6.07, 6.45) is 2.79. The Morgan fingerprint density at radius 3 is 1.25 bits per heavy atom. The van der Waals surface area contributed by atoms with Crippen molar-refractivity contribution in [2.24, 2.45) is 0 Å². The third-order valence-corrected chi connectivity index (χ3v) is 10.4. The molecule has 0 aromatic heterocycles. The Kier molecular flexibility index (Phi) is 12.1. The lowest BCUT2D eigenvalue weighted by molar-refractivity contribution is -0.143. The molecule has 2 aliphatic rings. The number of nitrogens with zero attached hydrogens (tertiary/aromatic N) is 2. The molecule has 0 atom stereocenters. The van der Waals surface area contributed by atoms with Gasteiger partial charge in [0.1, 0.15) is 23.6 Å². The van der Waals surface area contributed by atoms with Crippen molar-refractivity contribution in [2.75, 3.05) is 13.2 Å². The van der Waals surface area contributed by atoms with Gasteiger partial charge in [-0.25, -0.2) is 9.59 Å². The fraction of sp³-hybridized carbons (Fsp3) is 0.500. The molecule has 0 unspecified atom stereocenters. The second-order valence-electron chi connectivity index (χ2n) is 9.24. The normalized spacial score (nSPS) is 13.4. The fourth-order valence-corrected chi connectivity index (χ4v) is 8.79. The van der Waals surface area contributed by atoms with Crippen LogP contribution in [0.2, 0.25) is 0 Å². The predicted octanol–water partition coefficient (Wildman–Crippen LogP) is 7.81. The lowest BCUT2D eigenvalue weighted by Gasteiger charge is -2.18. The molecule has 0 amide bonds. The fourth-order valence-electron chi connectivity index (χ4n) is 3.40. The van der Waals surface area contributed by atoms with Crippen molar-refractivity contribution in [3.05, 3.63) is 19.6 Å². The maximum Gasteiger partial charge on any atom is 0.350 e. The van der Waals surface area contributed by atoms with Gasteiger partial charge in [-0.05, 0) is 40.5 Å². The van der Waals surface area contributed by atoms with Crippen LogP contribution in [-0.4, -0.2) is 37.4 Å². The van der Waals surface area contributed by atoms with Gasteiger partial charge in [-0.15, -0.1) is 0 Å². The summed E-state index contributed by atoms with van der Waals surface area (Å²) >= 11 is 5.11. The molecule has 0 fully saturated rings. The molecule has 2 heterocycles. The van der Waals surface area contributed by atoms with Crippen LogP contribution in [0.3, 0.4) is 0 Å². The van der Waals surface area contributed by atoms with Gasteiger partial charge in [0, 0.05) is 0 Å². The smallest absolute Gasteiger partial charge is 0.350 e. The third-order valence-electron chi connectivity index (χ3n) is 5.23. The van der Waals surface area contributed by atoms with Crippen molar-refractivity contribution in [3.8, 4) is 23.6 Å². The molecule has 0 radical (unpaired) electrons. The summed E-state index contributed by atoms with van der Waals surface area (Å²) in [4.78, 5) is 28.4. The number of benzene rings is 1. The average Bonchev–Trinajstić information content (AvgIpc) is 3.50. The van der Waals surface area contributed by atoms with Crippen molar-refractivity contribution in [3.63, 3.8) is 0 Å². The summed E-state index contributed by atoms with van der Waals surface area (Å²) in [5.41, 5.74) is -0.133. The highest BCUT2D eigenvalue weighted by Gasteiger charge is 2.40. The number of esters is 2. The third kappa shape index (κ3) is 7.47. The van der Waals surface area contributed by atoms with Gasteiger partial charge in [0.25, 0.3) is 0 Å². The number of carbonyl (C=O) groups is 2. The van der Waals surface area contributed by atoms with Gasteiger partial charge in [-0.3, -0.25) is 0 Å².